The highest BCUT2D eigenvalue weighted by atomic mass is 16.1. The summed E-state index contributed by atoms with van der Waals surface area (Å²) >= 11 is 0. The molecule has 0 aromatic carbocycles. The summed E-state index contributed by atoms with van der Waals surface area (Å²) in [5.41, 5.74) is 0.905. The van der Waals surface area contributed by atoms with Crippen LogP contribution >= 0.6 is 0 Å². The molecule has 0 bridgehead atoms. The van der Waals surface area contributed by atoms with Crippen molar-refractivity contribution in [1.82, 2.24) is 15.5 Å². The van der Waals surface area contributed by atoms with Gasteiger partial charge in [0, 0.05) is 6.20 Å². The summed E-state index contributed by atoms with van der Waals surface area (Å²) < 4.78 is 0. The first-order chi connectivity index (χ1) is 4.43. The predicted octanol–water partition coefficient (Wildman–Crippen LogP) is -0.344. The summed E-state index contributed by atoms with van der Waals surface area (Å²) in [6, 6.07) is 1.80. The van der Waals surface area contributed by atoms with Crippen LogP contribution in [0, 0.1) is 0 Å². The van der Waals surface area contributed by atoms with E-state index in [2.05, 4.69) is 15.5 Å². The standard InChI is InChI=1S/C5H7N3O/c9-4-6-3-5-1-2-7-8-5/h1-2,4H,3H2,(H,6,9)(H,7,8). The van der Waals surface area contributed by atoms with Gasteiger partial charge in [-0.3, -0.25) is 9.89 Å². The quantitative estimate of drug-likeness (QED) is 0.543. The summed E-state index contributed by atoms with van der Waals surface area (Å²) in [6.07, 6.45) is 2.29. The van der Waals surface area contributed by atoms with Crippen molar-refractivity contribution in [2.24, 2.45) is 0 Å². The Morgan fingerprint density at radius 2 is 2.78 bits per heavy atom. The predicted molar refractivity (Wildman–Crippen MR) is 31.5 cm³/mol. The van der Waals surface area contributed by atoms with Crippen molar-refractivity contribution in [3.63, 3.8) is 0 Å². The molecule has 0 aliphatic rings. The van der Waals surface area contributed by atoms with Gasteiger partial charge in [0.25, 0.3) is 0 Å². The largest absolute Gasteiger partial charge is 0.353 e. The van der Waals surface area contributed by atoms with Crippen LogP contribution in [0.5, 0.6) is 0 Å². The zero-order chi connectivity index (χ0) is 6.53. The van der Waals surface area contributed by atoms with E-state index in [1.807, 2.05) is 0 Å². The van der Waals surface area contributed by atoms with E-state index in [4.69, 9.17) is 0 Å². The van der Waals surface area contributed by atoms with Crippen molar-refractivity contribution >= 4 is 6.41 Å². The first kappa shape index (κ1) is 5.81. The fourth-order valence-electron chi connectivity index (χ4n) is 0.535. The van der Waals surface area contributed by atoms with Crippen LogP contribution in [0.3, 0.4) is 0 Å². The molecule has 0 aliphatic carbocycles. The van der Waals surface area contributed by atoms with Crippen LogP contribution in [0.25, 0.3) is 0 Å². The molecule has 0 radical (unpaired) electrons. The molecule has 1 aromatic rings. The Labute approximate surface area is 52.3 Å². The molecule has 1 heterocycles. The minimum absolute atomic E-state index is 0.517. The minimum Gasteiger partial charge on any atom is -0.353 e. The zero-order valence-electron chi connectivity index (χ0n) is 4.79. The van der Waals surface area contributed by atoms with E-state index in [-0.39, 0.29) is 0 Å². The van der Waals surface area contributed by atoms with Gasteiger partial charge in [-0.15, -0.1) is 0 Å². The van der Waals surface area contributed by atoms with E-state index >= 15 is 0 Å². The molecule has 4 heteroatoms. The van der Waals surface area contributed by atoms with Gasteiger partial charge in [0.05, 0.1) is 12.2 Å². The third-order valence-electron chi connectivity index (χ3n) is 0.934. The van der Waals surface area contributed by atoms with Gasteiger partial charge < -0.3 is 5.32 Å². The SMILES string of the molecule is O=CNCc1ccn[nH]1. The number of amides is 1. The van der Waals surface area contributed by atoms with Crippen LogP contribution in [0.4, 0.5) is 0 Å². The summed E-state index contributed by atoms with van der Waals surface area (Å²) in [6.45, 7) is 0.517. The lowest BCUT2D eigenvalue weighted by molar-refractivity contribution is -0.109. The van der Waals surface area contributed by atoms with E-state index in [9.17, 15) is 4.79 Å². The van der Waals surface area contributed by atoms with E-state index in [0.29, 0.717) is 13.0 Å². The first-order valence-corrected chi connectivity index (χ1v) is 2.59. The van der Waals surface area contributed by atoms with E-state index < -0.39 is 0 Å². The number of hydrogen-bond acceptors (Lipinski definition) is 2. The molecule has 1 rings (SSSR count). The van der Waals surface area contributed by atoms with Crippen molar-refractivity contribution < 1.29 is 4.79 Å². The van der Waals surface area contributed by atoms with Gasteiger partial charge in [-0.25, -0.2) is 0 Å². The Kier molecular flexibility index (Phi) is 1.85. The molecule has 9 heavy (non-hydrogen) atoms. The highest BCUT2D eigenvalue weighted by molar-refractivity contribution is 5.45. The number of H-pyrrole nitrogens is 1. The average Bonchev–Trinajstić information content (AvgIpc) is 2.34. The third-order valence-corrected chi connectivity index (χ3v) is 0.934. The molecular formula is C5H7N3O. The molecule has 2 N–H and O–H groups in total. The van der Waals surface area contributed by atoms with E-state index in [1.54, 1.807) is 12.3 Å². The third kappa shape index (κ3) is 1.56. The zero-order valence-corrected chi connectivity index (χ0v) is 4.79. The van der Waals surface area contributed by atoms with E-state index in [1.165, 1.54) is 0 Å². The van der Waals surface area contributed by atoms with Crippen molar-refractivity contribution in [3.05, 3.63) is 18.0 Å². The Bertz CT molecular complexity index is 170. The molecule has 0 aliphatic heterocycles. The van der Waals surface area contributed by atoms with Crippen LogP contribution < -0.4 is 5.32 Å². The highest BCUT2D eigenvalue weighted by Crippen LogP contribution is 1.87. The summed E-state index contributed by atoms with van der Waals surface area (Å²) in [5, 5.41) is 8.89. The number of nitrogens with zero attached hydrogens (tertiary/aromatic N) is 1. The Hall–Kier alpha value is -1.32. The monoisotopic (exact) mass is 125 g/mol. The van der Waals surface area contributed by atoms with Gasteiger partial charge in [-0.2, -0.15) is 5.10 Å². The van der Waals surface area contributed by atoms with Gasteiger partial charge in [-0.1, -0.05) is 0 Å². The van der Waals surface area contributed by atoms with Crippen molar-refractivity contribution in [3.8, 4) is 0 Å². The molecule has 4 nitrogen and oxygen atoms in total. The number of aromatic amines is 1. The van der Waals surface area contributed by atoms with Crippen LogP contribution in [0.15, 0.2) is 12.3 Å². The van der Waals surface area contributed by atoms with Gasteiger partial charge in [0.15, 0.2) is 0 Å². The first-order valence-electron chi connectivity index (χ1n) is 2.59. The second kappa shape index (κ2) is 2.86. The molecule has 1 aromatic heterocycles. The maximum Gasteiger partial charge on any atom is 0.207 e. The van der Waals surface area contributed by atoms with Crippen LogP contribution in [0.1, 0.15) is 5.69 Å². The number of carbonyl (C=O) groups excluding carboxylic acids is 1. The molecule has 0 saturated heterocycles. The number of hydrogen-bond donors (Lipinski definition) is 2. The maximum atomic E-state index is 9.75. The van der Waals surface area contributed by atoms with Gasteiger partial charge in [0.2, 0.25) is 6.41 Å². The molecule has 0 saturated carbocycles. The Morgan fingerprint density at radius 1 is 1.89 bits per heavy atom. The van der Waals surface area contributed by atoms with Crippen molar-refractivity contribution in [1.29, 1.82) is 0 Å². The Morgan fingerprint density at radius 3 is 3.33 bits per heavy atom. The van der Waals surface area contributed by atoms with Gasteiger partial charge in [0.1, 0.15) is 0 Å². The average molecular weight is 125 g/mol. The van der Waals surface area contributed by atoms with Gasteiger partial charge in [-0.05, 0) is 6.07 Å². The lowest BCUT2D eigenvalue weighted by Crippen LogP contribution is -2.09. The molecule has 0 atom stereocenters. The van der Waals surface area contributed by atoms with Crippen LogP contribution in [0.2, 0.25) is 0 Å². The number of carbonyl (C=O) groups is 1. The van der Waals surface area contributed by atoms with Crippen molar-refractivity contribution in [2.75, 3.05) is 0 Å². The molecule has 0 fully saturated rings. The van der Waals surface area contributed by atoms with Gasteiger partial charge >= 0.3 is 0 Å². The number of rotatable bonds is 3. The molecule has 48 valence electrons. The smallest absolute Gasteiger partial charge is 0.207 e. The lowest BCUT2D eigenvalue weighted by atomic mass is 10.4. The fourth-order valence-corrected chi connectivity index (χ4v) is 0.535. The topological polar surface area (TPSA) is 57.8 Å². The number of nitrogens with one attached hydrogen (secondary N) is 2. The van der Waals surface area contributed by atoms with Crippen LogP contribution in [-0.2, 0) is 11.3 Å². The van der Waals surface area contributed by atoms with Crippen LogP contribution in [-0.4, -0.2) is 16.6 Å². The molecular weight excluding hydrogens is 118 g/mol. The number of aromatic nitrogens is 2. The minimum atomic E-state index is 0.517. The normalized spacial score (nSPS) is 8.89. The molecule has 1 amide bonds. The summed E-state index contributed by atoms with van der Waals surface area (Å²) in [7, 11) is 0. The highest BCUT2D eigenvalue weighted by Gasteiger charge is 1.87. The maximum absolute atomic E-state index is 9.75. The fraction of sp³-hybridized carbons (Fsp3) is 0.200. The second-order valence-electron chi connectivity index (χ2n) is 1.58. The summed E-state index contributed by atoms with van der Waals surface area (Å²) in [5.74, 6) is 0. The molecule has 0 spiro atoms. The van der Waals surface area contributed by atoms with E-state index in [0.717, 1.165) is 5.69 Å². The second-order valence-corrected chi connectivity index (χ2v) is 1.58. The lowest BCUT2D eigenvalue weighted by Gasteiger charge is -1.90. The summed E-state index contributed by atoms with van der Waals surface area (Å²) in [4.78, 5) is 9.75. The Balaban J connectivity index is 2.38. The van der Waals surface area contributed by atoms with Crippen molar-refractivity contribution in [2.45, 2.75) is 6.54 Å². The molecule has 0 unspecified atom stereocenters.